The standard InChI is InChI=1S/C27H42O3/c1-16-7-12-27(29-15-16)17(2)24-23(30-27)14-22-20-6-5-18-13-19(28)8-10-25(18,3)21(20)9-11-26(22,24)4/h5,16-17,19-24,28H,6-15H2,1-4H3/t16-,17-,19-,20-,21+,22+,23+,24-,25+,26+,27-/m1/s1. The first-order chi connectivity index (χ1) is 14.3. The van der Waals surface area contributed by atoms with Gasteiger partial charge in [-0.3, -0.25) is 0 Å². The lowest BCUT2D eigenvalue weighted by atomic mass is 9.47. The largest absolute Gasteiger partial charge is 0.393 e. The summed E-state index contributed by atoms with van der Waals surface area (Å²) in [6, 6.07) is 0. The maximum Gasteiger partial charge on any atom is 0.171 e. The summed E-state index contributed by atoms with van der Waals surface area (Å²) in [7, 11) is 0. The van der Waals surface area contributed by atoms with Crippen molar-refractivity contribution >= 4 is 0 Å². The van der Waals surface area contributed by atoms with Gasteiger partial charge < -0.3 is 14.6 Å². The molecule has 11 atom stereocenters. The van der Waals surface area contributed by atoms with Crippen molar-refractivity contribution in [3.8, 4) is 0 Å². The van der Waals surface area contributed by atoms with Crippen LogP contribution in [0.1, 0.15) is 85.5 Å². The van der Waals surface area contributed by atoms with Crippen molar-refractivity contribution in [2.75, 3.05) is 6.61 Å². The molecular formula is C27H42O3. The summed E-state index contributed by atoms with van der Waals surface area (Å²) in [6.45, 7) is 10.8. The number of rotatable bonds is 0. The average molecular weight is 415 g/mol. The minimum atomic E-state index is -0.294. The van der Waals surface area contributed by atoms with Crippen LogP contribution >= 0.6 is 0 Å². The van der Waals surface area contributed by atoms with Gasteiger partial charge in [0.25, 0.3) is 0 Å². The molecule has 168 valence electrons. The summed E-state index contributed by atoms with van der Waals surface area (Å²) in [5.74, 6) is 3.94. The molecule has 3 saturated carbocycles. The lowest BCUT2D eigenvalue weighted by Crippen LogP contribution is -2.52. The number of hydrogen-bond acceptors (Lipinski definition) is 3. The molecule has 6 aliphatic rings. The first-order valence-corrected chi connectivity index (χ1v) is 13.0. The molecule has 0 amide bonds. The van der Waals surface area contributed by atoms with Crippen LogP contribution in [0.2, 0.25) is 0 Å². The topological polar surface area (TPSA) is 38.7 Å². The number of ether oxygens (including phenoxy) is 2. The highest BCUT2D eigenvalue weighted by Gasteiger charge is 2.68. The van der Waals surface area contributed by atoms with Crippen molar-refractivity contribution < 1.29 is 14.6 Å². The van der Waals surface area contributed by atoms with Gasteiger partial charge in [-0.1, -0.05) is 39.3 Å². The van der Waals surface area contributed by atoms with Gasteiger partial charge in [0.1, 0.15) is 0 Å². The van der Waals surface area contributed by atoms with E-state index in [4.69, 9.17) is 9.47 Å². The molecule has 0 aromatic carbocycles. The van der Waals surface area contributed by atoms with Gasteiger partial charge in [-0.2, -0.15) is 0 Å². The Morgan fingerprint density at radius 3 is 2.63 bits per heavy atom. The zero-order valence-corrected chi connectivity index (χ0v) is 19.5. The molecule has 0 radical (unpaired) electrons. The Morgan fingerprint density at radius 2 is 1.87 bits per heavy atom. The summed E-state index contributed by atoms with van der Waals surface area (Å²) in [6.07, 6.45) is 13.5. The van der Waals surface area contributed by atoms with E-state index in [0.717, 1.165) is 43.6 Å². The number of aliphatic hydroxyl groups is 1. The van der Waals surface area contributed by atoms with Crippen LogP contribution in [0.25, 0.3) is 0 Å². The fourth-order valence-corrected chi connectivity index (χ4v) is 9.66. The van der Waals surface area contributed by atoms with E-state index in [1.807, 2.05) is 0 Å². The molecule has 0 unspecified atom stereocenters. The summed E-state index contributed by atoms with van der Waals surface area (Å²) in [5.41, 5.74) is 2.31. The van der Waals surface area contributed by atoms with Gasteiger partial charge in [0, 0.05) is 12.3 Å². The molecule has 0 bridgehead atoms. The van der Waals surface area contributed by atoms with E-state index in [-0.39, 0.29) is 11.9 Å². The fourth-order valence-electron chi connectivity index (χ4n) is 9.66. The Kier molecular flexibility index (Phi) is 4.44. The minimum Gasteiger partial charge on any atom is -0.393 e. The quantitative estimate of drug-likeness (QED) is 0.516. The third-order valence-electron chi connectivity index (χ3n) is 11.3. The highest BCUT2D eigenvalue weighted by Crippen LogP contribution is 2.70. The monoisotopic (exact) mass is 414 g/mol. The minimum absolute atomic E-state index is 0.107. The molecule has 2 heterocycles. The summed E-state index contributed by atoms with van der Waals surface area (Å²) >= 11 is 0. The molecule has 3 nitrogen and oxygen atoms in total. The Morgan fingerprint density at radius 1 is 1.03 bits per heavy atom. The Labute approximate surface area is 183 Å². The van der Waals surface area contributed by atoms with Gasteiger partial charge >= 0.3 is 0 Å². The number of hydrogen-bond donors (Lipinski definition) is 1. The van der Waals surface area contributed by atoms with Crippen LogP contribution in [0.15, 0.2) is 11.6 Å². The van der Waals surface area contributed by atoms with Gasteiger partial charge in [-0.15, -0.1) is 0 Å². The molecule has 5 fully saturated rings. The predicted octanol–water partition coefficient (Wildman–Crippen LogP) is 5.71. The second kappa shape index (κ2) is 6.58. The lowest BCUT2D eigenvalue weighted by molar-refractivity contribution is -0.272. The second-order valence-electron chi connectivity index (χ2n) is 12.7. The zero-order valence-electron chi connectivity index (χ0n) is 19.5. The van der Waals surface area contributed by atoms with Crippen LogP contribution < -0.4 is 0 Å². The first-order valence-electron chi connectivity index (χ1n) is 13.0. The predicted molar refractivity (Wildman–Crippen MR) is 118 cm³/mol. The van der Waals surface area contributed by atoms with Crippen molar-refractivity contribution in [3.63, 3.8) is 0 Å². The molecular weight excluding hydrogens is 372 g/mol. The maximum absolute atomic E-state index is 10.3. The number of aliphatic hydroxyl groups excluding tert-OH is 1. The molecule has 4 aliphatic carbocycles. The fraction of sp³-hybridized carbons (Fsp3) is 0.926. The van der Waals surface area contributed by atoms with Crippen LogP contribution in [0, 0.1) is 46.3 Å². The van der Waals surface area contributed by atoms with Crippen molar-refractivity contribution in [2.45, 2.75) is 103 Å². The number of fused-ring (bicyclic) bond motifs is 7. The van der Waals surface area contributed by atoms with E-state index in [1.165, 1.54) is 38.5 Å². The Balaban J connectivity index is 1.28. The van der Waals surface area contributed by atoms with Crippen LogP contribution in [-0.4, -0.2) is 29.7 Å². The van der Waals surface area contributed by atoms with Crippen LogP contribution in [0.3, 0.4) is 0 Å². The van der Waals surface area contributed by atoms with E-state index in [2.05, 4.69) is 33.8 Å². The van der Waals surface area contributed by atoms with Crippen molar-refractivity contribution in [1.29, 1.82) is 0 Å². The van der Waals surface area contributed by atoms with Crippen LogP contribution in [-0.2, 0) is 9.47 Å². The average Bonchev–Trinajstić information content (AvgIpc) is 3.16. The molecule has 2 aliphatic heterocycles. The lowest BCUT2D eigenvalue weighted by Gasteiger charge is -2.58. The highest BCUT2D eigenvalue weighted by atomic mass is 16.7. The Hall–Kier alpha value is -0.380. The van der Waals surface area contributed by atoms with Crippen molar-refractivity contribution in [3.05, 3.63) is 11.6 Å². The normalized spacial score (nSPS) is 59.8. The third kappa shape index (κ3) is 2.55. The molecule has 6 rings (SSSR count). The highest BCUT2D eigenvalue weighted by molar-refractivity contribution is 5.26. The zero-order chi connectivity index (χ0) is 20.9. The molecule has 2 saturated heterocycles. The molecule has 0 aromatic heterocycles. The van der Waals surface area contributed by atoms with E-state index in [0.29, 0.717) is 34.7 Å². The van der Waals surface area contributed by atoms with E-state index < -0.39 is 0 Å². The number of allylic oxidation sites excluding steroid dienone is 1. The molecule has 1 spiro atoms. The Bertz CT molecular complexity index is 736. The molecule has 3 heteroatoms. The first kappa shape index (κ1) is 20.2. The van der Waals surface area contributed by atoms with Crippen LogP contribution in [0.4, 0.5) is 0 Å². The molecule has 1 N–H and O–H groups in total. The smallest absolute Gasteiger partial charge is 0.171 e. The second-order valence-corrected chi connectivity index (χ2v) is 12.7. The van der Waals surface area contributed by atoms with Gasteiger partial charge in [-0.05, 0) is 91.8 Å². The van der Waals surface area contributed by atoms with Crippen LogP contribution in [0.5, 0.6) is 0 Å². The summed E-state index contributed by atoms with van der Waals surface area (Å²) < 4.78 is 13.3. The van der Waals surface area contributed by atoms with E-state index >= 15 is 0 Å². The van der Waals surface area contributed by atoms with Crippen molar-refractivity contribution in [2.24, 2.45) is 46.3 Å². The summed E-state index contributed by atoms with van der Waals surface area (Å²) in [4.78, 5) is 0. The third-order valence-corrected chi connectivity index (χ3v) is 11.3. The SMILES string of the molecule is C[C@@H]1CC[C@@]2(OC1)O[C@H]1C[C@H]3[C@@H]4CC=C5C[C@H](O)CC[C@]5(C)[C@H]4CC[C@]3(C)[C@@H]1[C@H]2C. The molecule has 30 heavy (non-hydrogen) atoms. The van der Waals surface area contributed by atoms with E-state index in [9.17, 15) is 5.11 Å². The summed E-state index contributed by atoms with van der Waals surface area (Å²) in [5, 5.41) is 10.3. The van der Waals surface area contributed by atoms with Gasteiger partial charge in [0.2, 0.25) is 0 Å². The van der Waals surface area contributed by atoms with Crippen molar-refractivity contribution in [1.82, 2.24) is 0 Å². The van der Waals surface area contributed by atoms with E-state index in [1.54, 1.807) is 5.57 Å². The van der Waals surface area contributed by atoms with Gasteiger partial charge in [0.15, 0.2) is 5.79 Å². The van der Waals surface area contributed by atoms with Gasteiger partial charge in [0.05, 0.1) is 18.8 Å². The maximum atomic E-state index is 10.3. The van der Waals surface area contributed by atoms with Gasteiger partial charge in [-0.25, -0.2) is 0 Å². The molecule has 0 aromatic rings.